The summed E-state index contributed by atoms with van der Waals surface area (Å²) in [5.74, 6) is -1.11. The lowest BCUT2D eigenvalue weighted by Gasteiger charge is -2.34. The number of carbonyl (C=O) groups excluding carboxylic acids is 1. The predicted octanol–water partition coefficient (Wildman–Crippen LogP) is 3.86. The van der Waals surface area contributed by atoms with E-state index in [1.165, 1.54) is 18.2 Å². The summed E-state index contributed by atoms with van der Waals surface area (Å²) in [7, 11) is 0. The van der Waals surface area contributed by atoms with Gasteiger partial charge in [-0.3, -0.25) is 0 Å². The average Bonchev–Trinajstić information content (AvgIpc) is 2.33. The van der Waals surface area contributed by atoms with Crippen LogP contribution in [0.4, 0.5) is 10.5 Å². The molecule has 0 radical (unpaired) electrons. The van der Waals surface area contributed by atoms with Gasteiger partial charge in [-0.15, -0.1) is 6.58 Å². The molecule has 0 unspecified atom stereocenters. The zero-order valence-corrected chi connectivity index (χ0v) is 13.1. The van der Waals surface area contributed by atoms with E-state index in [0.717, 1.165) is 0 Å². The van der Waals surface area contributed by atoms with Gasteiger partial charge in [-0.05, 0) is 39.0 Å². The van der Waals surface area contributed by atoms with Gasteiger partial charge in [0.05, 0.1) is 10.6 Å². The average molecular weight is 311 g/mol. The van der Waals surface area contributed by atoms with Crippen LogP contribution in [0.1, 0.15) is 31.1 Å². The van der Waals surface area contributed by atoms with Crippen molar-refractivity contribution in [1.82, 2.24) is 4.90 Å². The summed E-state index contributed by atoms with van der Waals surface area (Å²) in [4.78, 5) is 24.8. The van der Waals surface area contributed by atoms with Crippen LogP contribution in [0.2, 0.25) is 5.02 Å². The van der Waals surface area contributed by atoms with Crippen molar-refractivity contribution >= 4 is 29.3 Å². The maximum atomic E-state index is 12.3. The lowest BCUT2D eigenvalue weighted by molar-refractivity contribution is 0.0697. The highest BCUT2D eigenvalue weighted by atomic mass is 35.5. The van der Waals surface area contributed by atoms with Gasteiger partial charge >= 0.3 is 12.0 Å². The smallest absolute Gasteiger partial charge is 0.337 e. The maximum Gasteiger partial charge on any atom is 0.337 e. The van der Waals surface area contributed by atoms with Gasteiger partial charge in [0.25, 0.3) is 0 Å². The molecule has 2 amide bonds. The molecular weight excluding hydrogens is 292 g/mol. The number of hydrogen-bond donors (Lipinski definition) is 2. The zero-order chi connectivity index (χ0) is 16.2. The van der Waals surface area contributed by atoms with E-state index in [2.05, 4.69) is 11.9 Å². The summed E-state index contributed by atoms with van der Waals surface area (Å²) >= 11 is 5.88. The van der Waals surface area contributed by atoms with Crippen LogP contribution in [0, 0.1) is 0 Å². The predicted molar refractivity (Wildman–Crippen MR) is 84.1 cm³/mol. The van der Waals surface area contributed by atoms with E-state index in [4.69, 9.17) is 16.7 Å². The quantitative estimate of drug-likeness (QED) is 0.830. The highest BCUT2D eigenvalue weighted by Gasteiger charge is 2.25. The lowest BCUT2D eigenvalue weighted by Crippen LogP contribution is -2.47. The van der Waals surface area contributed by atoms with Gasteiger partial charge in [0, 0.05) is 17.8 Å². The van der Waals surface area contributed by atoms with Crippen molar-refractivity contribution in [3.63, 3.8) is 0 Å². The fourth-order valence-corrected chi connectivity index (χ4v) is 2.01. The Hall–Kier alpha value is -2.01. The molecule has 0 aromatic heterocycles. The molecule has 1 rings (SSSR count). The highest BCUT2D eigenvalue weighted by Crippen LogP contribution is 2.22. The summed E-state index contributed by atoms with van der Waals surface area (Å²) < 4.78 is 0. The Kier molecular flexibility index (Phi) is 5.38. The Labute approximate surface area is 129 Å². The first-order chi connectivity index (χ1) is 9.66. The molecule has 0 spiro atoms. The van der Waals surface area contributed by atoms with Gasteiger partial charge in [0.1, 0.15) is 0 Å². The minimum absolute atomic E-state index is 0.00608. The highest BCUT2D eigenvalue weighted by molar-refractivity contribution is 6.33. The van der Waals surface area contributed by atoms with Crippen LogP contribution in [0.5, 0.6) is 0 Å². The van der Waals surface area contributed by atoms with Crippen LogP contribution in [-0.4, -0.2) is 34.1 Å². The number of carboxylic acid groups (broad SMARTS) is 1. The normalized spacial score (nSPS) is 10.9. The first kappa shape index (κ1) is 17.0. The van der Waals surface area contributed by atoms with Crippen molar-refractivity contribution in [2.24, 2.45) is 0 Å². The van der Waals surface area contributed by atoms with Gasteiger partial charge in [-0.1, -0.05) is 17.7 Å². The minimum Gasteiger partial charge on any atom is -0.478 e. The Morgan fingerprint density at radius 3 is 2.48 bits per heavy atom. The molecule has 0 aliphatic heterocycles. The lowest BCUT2D eigenvalue weighted by atomic mass is 10.1. The summed E-state index contributed by atoms with van der Waals surface area (Å²) in [6.07, 6.45) is 1.64. The van der Waals surface area contributed by atoms with Crippen molar-refractivity contribution in [2.75, 3.05) is 11.9 Å². The minimum atomic E-state index is -1.11. The van der Waals surface area contributed by atoms with Crippen LogP contribution < -0.4 is 5.32 Å². The number of nitrogens with zero attached hydrogens (tertiary/aromatic N) is 1. The van der Waals surface area contributed by atoms with E-state index in [1.807, 2.05) is 20.8 Å². The second-order valence-corrected chi connectivity index (χ2v) is 5.91. The number of amides is 2. The van der Waals surface area contributed by atoms with E-state index in [-0.39, 0.29) is 22.2 Å². The molecule has 0 atom stereocenters. The molecule has 1 aromatic carbocycles. The molecule has 114 valence electrons. The van der Waals surface area contributed by atoms with Gasteiger partial charge < -0.3 is 15.3 Å². The number of halogens is 1. The number of carboxylic acids is 1. The van der Waals surface area contributed by atoms with E-state index in [0.29, 0.717) is 12.2 Å². The molecule has 21 heavy (non-hydrogen) atoms. The Bertz CT molecular complexity index is 565. The van der Waals surface area contributed by atoms with Crippen LogP contribution in [0.3, 0.4) is 0 Å². The van der Waals surface area contributed by atoms with Gasteiger partial charge in [-0.25, -0.2) is 9.59 Å². The molecular formula is C15H19ClN2O3. The summed E-state index contributed by atoms with van der Waals surface area (Å²) in [6, 6.07) is 3.97. The Morgan fingerprint density at radius 1 is 1.43 bits per heavy atom. The topological polar surface area (TPSA) is 69.6 Å². The second-order valence-electron chi connectivity index (χ2n) is 5.50. The zero-order valence-electron chi connectivity index (χ0n) is 12.3. The third-order valence-electron chi connectivity index (χ3n) is 2.82. The molecule has 0 heterocycles. The molecule has 1 aromatic rings. The number of nitrogens with one attached hydrogen (secondary N) is 1. The third kappa shape index (κ3) is 4.49. The molecule has 0 aliphatic rings. The van der Waals surface area contributed by atoms with Gasteiger partial charge in [0.2, 0.25) is 0 Å². The summed E-state index contributed by atoms with van der Waals surface area (Å²) in [6.45, 7) is 9.78. The third-order valence-corrected chi connectivity index (χ3v) is 3.13. The van der Waals surface area contributed by atoms with Crippen molar-refractivity contribution in [3.8, 4) is 0 Å². The van der Waals surface area contributed by atoms with Crippen molar-refractivity contribution in [2.45, 2.75) is 26.3 Å². The van der Waals surface area contributed by atoms with Crippen molar-refractivity contribution < 1.29 is 14.7 Å². The Balaban J connectivity index is 2.94. The number of hydrogen-bond acceptors (Lipinski definition) is 2. The SMILES string of the molecule is C=CCN(C(=O)Nc1ccc(C(=O)O)c(Cl)c1)C(C)(C)C. The first-order valence-electron chi connectivity index (χ1n) is 6.39. The van der Waals surface area contributed by atoms with Crippen molar-refractivity contribution in [1.29, 1.82) is 0 Å². The van der Waals surface area contributed by atoms with Crippen LogP contribution >= 0.6 is 11.6 Å². The number of rotatable bonds is 4. The summed E-state index contributed by atoms with van der Waals surface area (Å²) in [5, 5.41) is 11.7. The number of benzene rings is 1. The molecule has 0 aliphatic carbocycles. The molecule has 6 heteroatoms. The van der Waals surface area contributed by atoms with Crippen LogP contribution in [0.15, 0.2) is 30.9 Å². The largest absolute Gasteiger partial charge is 0.478 e. The number of carbonyl (C=O) groups is 2. The number of urea groups is 1. The standard InChI is InChI=1S/C15H19ClN2O3/c1-5-8-18(15(2,3)4)14(21)17-10-6-7-11(13(19)20)12(16)9-10/h5-7,9H,1,8H2,2-4H3,(H,17,21)(H,19,20). The van der Waals surface area contributed by atoms with Crippen molar-refractivity contribution in [3.05, 3.63) is 41.4 Å². The van der Waals surface area contributed by atoms with Crippen LogP contribution in [-0.2, 0) is 0 Å². The fourth-order valence-electron chi connectivity index (χ4n) is 1.75. The first-order valence-corrected chi connectivity index (χ1v) is 6.77. The molecule has 2 N–H and O–H groups in total. The Morgan fingerprint density at radius 2 is 2.05 bits per heavy atom. The molecule has 5 nitrogen and oxygen atoms in total. The maximum absolute atomic E-state index is 12.3. The summed E-state index contributed by atoms with van der Waals surface area (Å²) in [5.41, 5.74) is 0.0602. The van der Waals surface area contributed by atoms with E-state index >= 15 is 0 Å². The molecule has 0 saturated carbocycles. The molecule has 0 saturated heterocycles. The van der Waals surface area contributed by atoms with Crippen LogP contribution in [0.25, 0.3) is 0 Å². The van der Waals surface area contributed by atoms with Gasteiger partial charge in [0.15, 0.2) is 0 Å². The number of anilines is 1. The molecule has 0 fully saturated rings. The molecule has 0 bridgehead atoms. The van der Waals surface area contributed by atoms with Gasteiger partial charge in [-0.2, -0.15) is 0 Å². The number of aromatic carboxylic acids is 1. The van der Waals surface area contributed by atoms with E-state index < -0.39 is 5.97 Å². The monoisotopic (exact) mass is 310 g/mol. The fraction of sp³-hybridized carbons (Fsp3) is 0.333. The van der Waals surface area contributed by atoms with E-state index in [1.54, 1.807) is 11.0 Å². The second kappa shape index (κ2) is 6.63. The van der Waals surface area contributed by atoms with E-state index in [9.17, 15) is 9.59 Å².